The van der Waals surface area contributed by atoms with Crippen molar-refractivity contribution >= 4 is 22.4 Å². The summed E-state index contributed by atoms with van der Waals surface area (Å²) in [6, 6.07) is 20.5. The number of rotatable bonds is 12. The lowest BCUT2D eigenvalue weighted by molar-refractivity contribution is -0.117. The van der Waals surface area contributed by atoms with Crippen molar-refractivity contribution < 1.29 is 19.0 Å². The number of ketones is 1. The molecule has 0 bridgehead atoms. The Hall–Kier alpha value is -4.41. The Morgan fingerprint density at radius 2 is 1.59 bits per heavy atom. The zero-order valence-corrected chi connectivity index (χ0v) is 23.5. The molecule has 2 heterocycles. The van der Waals surface area contributed by atoms with E-state index in [1.165, 1.54) is 32.4 Å². The number of carbonyl (C=O) groups is 1. The van der Waals surface area contributed by atoms with E-state index in [1.54, 1.807) is 25.4 Å². The normalized spacial score (nSPS) is 13.5. The SMILES string of the molecule is [C-]#[N+]c1cc2c(Oc3ccc(CC(=O)Cc4ccc(OC)cc4)cc3)ccnc2cc1OCCCN1CCCCC1. The molecule has 4 aromatic rings. The van der Waals surface area contributed by atoms with Gasteiger partial charge >= 0.3 is 0 Å². The fraction of sp³-hybridized carbons (Fsp3) is 0.324. The fourth-order valence-corrected chi connectivity index (χ4v) is 5.15. The molecule has 3 aromatic carbocycles. The lowest BCUT2D eigenvalue weighted by Gasteiger charge is -2.26. The number of hydrogen-bond donors (Lipinski definition) is 0. The van der Waals surface area contributed by atoms with Gasteiger partial charge in [-0.3, -0.25) is 9.78 Å². The molecule has 7 heteroatoms. The van der Waals surface area contributed by atoms with Crippen LogP contribution >= 0.6 is 0 Å². The van der Waals surface area contributed by atoms with E-state index in [1.807, 2.05) is 54.6 Å². The predicted molar refractivity (Wildman–Crippen MR) is 160 cm³/mol. The maximum atomic E-state index is 12.6. The van der Waals surface area contributed by atoms with Gasteiger partial charge < -0.3 is 19.1 Å². The quantitative estimate of drug-likeness (QED) is 0.138. The molecule has 0 atom stereocenters. The molecule has 0 unspecified atom stereocenters. The Labute approximate surface area is 241 Å². The van der Waals surface area contributed by atoms with Crippen LogP contribution in [0.2, 0.25) is 0 Å². The molecule has 210 valence electrons. The van der Waals surface area contributed by atoms with Gasteiger partial charge in [-0.25, -0.2) is 4.85 Å². The second kappa shape index (κ2) is 13.8. The number of Topliss-reactive ketones (excluding diaryl/α,β-unsaturated/α-hetero) is 1. The Balaban J connectivity index is 1.20. The van der Waals surface area contributed by atoms with Crippen LogP contribution in [-0.2, 0) is 17.6 Å². The van der Waals surface area contributed by atoms with Crippen molar-refractivity contribution in [1.29, 1.82) is 0 Å². The van der Waals surface area contributed by atoms with Crippen LogP contribution in [0.4, 0.5) is 5.69 Å². The molecule has 7 nitrogen and oxygen atoms in total. The molecule has 5 rings (SSSR count). The fourth-order valence-electron chi connectivity index (χ4n) is 5.15. The Kier molecular flexibility index (Phi) is 9.45. The van der Waals surface area contributed by atoms with Crippen LogP contribution in [-0.4, -0.2) is 49.0 Å². The van der Waals surface area contributed by atoms with E-state index in [-0.39, 0.29) is 5.78 Å². The summed E-state index contributed by atoms with van der Waals surface area (Å²) in [5.41, 5.74) is 3.04. The van der Waals surface area contributed by atoms with Gasteiger partial charge in [-0.2, -0.15) is 0 Å². The first kappa shape index (κ1) is 28.1. The molecule has 1 aromatic heterocycles. The largest absolute Gasteiger partial charge is 0.504 e. The zero-order valence-electron chi connectivity index (χ0n) is 23.5. The highest BCUT2D eigenvalue weighted by Gasteiger charge is 2.13. The molecular formula is C34H35N3O4. The van der Waals surface area contributed by atoms with Crippen LogP contribution in [0.25, 0.3) is 15.7 Å². The minimum atomic E-state index is 0.139. The number of pyridine rings is 1. The minimum absolute atomic E-state index is 0.139. The third-order valence-electron chi connectivity index (χ3n) is 7.34. The summed E-state index contributed by atoms with van der Waals surface area (Å²) in [5, 5.41) is 0.748. The van der Waals surface area contributed by atoms with Crippen molar-refractivity contribution in [2.24, 2.45) is 0 Å². The first-order valence-corrected chi connectivity index (χ1v) is 14.2. The van der Waals surface area contributed by atoms with E-state index in [0.29, 0.717) is 47.9 Å². The minimum Gasteiger partial charge on any atom is -0.504 e. The summed E-state index contributed by atoms with van der Waals surface area (Å²) in [6.07, 6.45) is 7.22. The van der Waals surface area contributed by atoms with Crippen molar-refractivity contribution in [3.63, 3.8) is 0 Å². The van der Waals surface area contributed by atoms with Crippen LogP contribution < -0.4 is 14.2 Å². The number of benzene rings is 3. The average molecular weight is 550 g/mol. The third kappa shape index (κ3) is 7.62. The molecular weight excluding hydrogens is 514 g/mol. The summed E-state index contributed by atoms with van der Waals surface area (Å²) in [4.78, 5) is 23.3. The number of nitrogens with zero attached hydrogens (tertiary/aromatic N) is 3. The molecule has 0 aliphatic carbocycles. The molecule has 1 fully saturated rings. The van der Waals surface area contributed by atoms with Crippen LogP contribution in [0.1, 0.15) is 36.8 Å². The van der Waals surface area contributed by atoms with Gasteiger partial charge in [0, 0.05) is 31.0 Å². The standard InChI is InChI=1S/C34H35N3O4/c1-35-32-23-30-31(24-34(32)40-20-6-19-37-17-4-3-5-18-37)36-16-15-33(30)41-29-13-9-26(10-14-29)22-27(38)21-25-7-11-28(39-2)12-8-25/h7-16,23-24H,3-6,17-22H2,2H3. The number of carbonyl (C=O) groups excluding carboxylic acids is 1. The maximum absolute atomic E-state index is 12.6. The highest BCUT2D eigenvalue weighted by atomic mass is 16.5. The lowest BCUT2D eigenvalue weighted by Crippen LogP contribution is -2.31. The van der Waals surface area contributed by atoms with Gasteiger partial charge in [-0.05, 0) is 85.9 Å². The van der Waals surface area contributed by atoms with E-state index in [0.717, 1.165) is 35.2 Å². The molecule has 0 spiro atoms. The highest BCUT2D eigenvalue weighted by Crippen LogP contribution is 2.37. The summed E-state index contributed by atoms with van der Waals surface area (Å²) in [6.45, 7) is 11.6. The first-order chi connectivity index (χ1) is 20.1. The van der Waals surface area contributed by atoms with Crippen molar-refractivity contribution in [2.75, 3.05) is 33.4 Å². The number of fused-ring (bicyclic) bond motifs is 1. The molecule has 0 amide bonds. The van der Waals surface area contributed by atoms with Gasteiger partial charge in [0.25, 0.3) is 0 Å². The van der Waals surface area contributed by atoms with Crippen LogP contribution in [0, 0.1) is 6.57 Å². The van der Waals surface area contributed by atoms with Crippen LogP contribution in [0.15, 0.2) is 72.9 Å². The van der Waals surface area contributed by atoms with Crippen LogP contribution in [0.5, 0.6) is 23.0 Å². The van der Waals surface area contributed by atoms with Crippen molar-refractivity contribution in [3.05, 3.63) is 95.5 Å². The number of ether oxygens (including phenoxy) is 3. The second-order valence-electron chi connectivity index (χ2n) is 10.3. The summed E-state index contributed by atoms with van der Waals surface area (Å²) in [5.74, 6) is 2.72. The number of methoxy groups -OCH3 is 1. The van der Waals surface area contributed by atoms with E-state index in [2.05, 4.69) is 14.7 Å². The van der Waals surface area contributed by atoms with E-state index in [4.69, 9.17) is 20.8 Å². The summed E-state index contributed by atoms with van der Waals surface area (Å²) < 4.78 is 17.4. The van der Waals surface area contributed by atoms with Crippen molar-refractivity contribution in [1.82, 2.24) is 9.88 Å². The van der Waals surface area contributed by atoms with Crippen LogP contribution in [0.3, 0.4) is 0 Å². The Morgan fingerprint density at radius 1 is 0.902 bits per heavy atom. The second-order valence-corrected chi connectivity index (χ2v) is 10.3. The third-order valence-corrected chi connectivity index (χ3v) is 7.34. The van der Waals surface area contributed by atoms with Gasteiger partial charge in [0.1, 0.15) is 28.8 Å². The number of hydrogen-bond acceptors (Lipinski definition) is 6. The number of likely N-dealkylation sites (tertiary alicyclic amines) is 1. The molecule has 1 aliphatic heterocycles. The van der Waals surface area contributed by atoms with Gasteiger partial charge in [0.15, 0.2) is 0 Å². The smallest absolute Gasteiger partial charge is 0.229 e. The molecule has 0 radical (unpaired) electrons. The molecule has 41 heavy (non-hydrogen) atoms. The Morgan fingerprint density at radius 3 is 2.24 bits per heavy atom. The molecule has 0 saturated carbocycles. The summed E-state index contributed by atoms with van der Waals surface area (Å²) in [7, 11) is 1.62. The van der Waals surface area contributed by atoms with Crippen molar-refractivity contribution in [2.45, 2.75) is 38.5 Å². The molecule has 0 N–H and O–H groups in total. The predicted octanol–water partition coefficient (Wildman–Crippen LogP) is 7.20. The topological polar surface area (TPSA) is 65.2 Å². The first-order valence-electron chi connectivity index (χ1n) is 14.2. The highest BCUT2D eigenvalue weighted by molar-refractivity contribution is 5.91. The lowest BCUT2D eigenvalue weighted by atomic mass is 10.0. The monoisotopic (exact) mass is 549 g/mol. The zero-order chi connectivity index (χ0) is 28.4. The number of piperidine rings is 1. The average Bonchev–Trinajstić information content (AvgIpc) is 3.01. The van der Waals surface area contributed by atoms with Gasteiger partial charge in [-0.15, -0.1) is 0 Å². The molecule has 1 aliphatic rings. The summed E-state index contributed by atoms with van der Waals surface area (Å²) >= 11 is 0. The van der Waals surface area contributed by atoms with Gasteiger partial charge in [0.2, 0.25) is 5.69 Å². The maximum Gasteiger partial charge on any atom is 0.229 e. The van der Waals surface area contributed by atoms with Gasteiger partial charge in [0.05, 0.1) is 25.8 Å². The van der Waals surface area contributed by atoms with E-state index >= 15 is 0 Å². The van der Waals surface area contributed by atoms with Gasteiger partial charge in [-0.1, -0.05) is 30.7 Å². The Bertz CT molecular complexity index is 1500. The van der Waals surface area contributed by atoms with E-state index < -0.39 is 0 Å². The molecule has 1 saturated heterocycles. The van der Waals surface area contributed by atoms with Crippen molar-refractivity contribution in [3.8, 4) is 23.0 Å². The van der Waals surface area contributed by atoms with E-state index in [9.17, 15) is 4.79 Å². The number of aromatic nitrogens is 1.